The van der Waals surface area contributed by atoms with Crippen molar-refractivity contribution in [2.75, 3.05) is 19.8 Å². The van der Waals surface area contributed by atoms with Gasteiger partial charge in [0.15, 0.2) is 0 Å². The molecule has 3 nitrogen and oxygen atoms in total. The Hall–Kier alpha value is -1.27. The summed E-state index contributed by atoms with van der Waals surface area (Å²) in [5.74, 6) is 0.366. The molecule has 0 saturated heterocycles. The molecule has 2 N–H and O–H groups in total. The Labute approximate surface area is 104 Å². The Morgan fingerprint density at radius 2 is 1.94 bits per heavy atom. The fraction of sp³-hybridized carbons (Fsp3) is 0.500. The maximum absolute atomic E-state index is 12.5. The highest BCUT2D eigenvalue weighted by Gasteiger charge is 2.30. The van der Waals surface area contributed by atoms with Crippen LogP contribution in [0.15, 0.2) is 18.2 Å². The van der Waals surface area contributed by atoms with E-state index in [4.69, 9.17) is 15.2 Å². The maximum Gasteiger partial charge on any atom is 0.416 e. The number of ether oxygens (including phenoxy) is 2. The number of rotatable bonds is 6. The quantitative estimate of drug-likeness (QED) is 0.802. The van der Waals surface area contributed by atoms with Gasteiger partial charge in [-0.05, 0) is 25.1 Å². The molecule has 6 heteroatoms. The van der Waals surface area contributed by atoms with Crippen molar-refractivity contribution in [1.82, 2.24) is 0 Å². The molecule has 0 spiro atoms. The van der Waals surface area contributed by atoms with Crippen LogP contribution in [0.1, 0.15) is 18.1 Å². The standard InChI is InChI=1S/C12H16F3NO2/c1-2-17-5-6-18-11-4-3-10(12(13,14)15)7-9(11)8-16/h3-4,7H,2,5-6,8,16H2,1H3. The van der Waals surface area contributed by atoms with Gasteiger partial charge in [0.25, 0.3) is 0 Å². The molecular formula is C12H16F3NO2. The molecule has 0 aliphatic rings. The Bertz CT molecular complexity index is 380. The molecule has 18 heavy (non-hydrogen) atoms. The van der Waals surface area contributed by atoms with Gasteiger partial charge in [-0.1, -0.05) is 0 Å². The summed E-state index contributed by atoms with van der Waals surface area (Å²) in [6.07, 6.45) is -4.37. The van der Waals surface area contributed by atoms with E-state index >= 15 is 0 Å². The number of alkyl halides is 3. The van der Waals surface area contributed by atoms with E-state index in [1.807, 2.05) is 6.92 Å². The topological polar surface area (TPSA) is 44.5 Å². The van der Waals surface area contributed by atoms with E-state index in [1.54, 1.807) is 0 Å². The first-order chi connectivity index (χ1) is 8.49. The lowest BCUT2D eigenvalue weighted by Crippen LogP contribution is -2.11. The molecule has 0 bridgehead atoms. The van der Waals surface area contributed by atoms with Gasteiger partial charge in [-0.25, -0.2) is 0 Å². The summed E-state index contributed by atoms with van der Waals surface area (Å²) >= 11 is 0. The molecule has 0 fully saturated rings. The molecule has 0 aromatic heterocycles. The number of hydrogen-bond acceptors (Lipinski definition) is 3. The lowest BCUT2D eigenvalue weighted by atomic mass is 10.1. The van der Waals surface area contributed by atoms with Crippen LogP contribution in [0, 0.1) is 0 Å². The van der Waals surface area contributed by atoms with Crippen molar-refractivity contribution >= 4 is 0 Å². The van der Waals surface area contributed by atoms with E-state index in [2.05, 4.69) is 0 Å². The molecule has 0 heterocycles. The van der Waals surface area contributed by atoms with Crippen molar-refractivity contribution in [2.24, 2.45) is 5.73 Å². The van der Waals surface area contributed by atoms with Crippen LogP contribution in [0.2, 0.25) is 0 Å². The second-order valence-electron chi connectivity index (χ2n) is 3.57. The van der Waals surface area contributed by atoms with Gasteiger partial charge in [0, 0.05) is 18.7 Å². The summed E-state index contributed by atoms with van der Waals surface area (Å²) in [5.41, 5.74) is 5.03. The zero-order chi connectivity index (χ0) is 13.6. The molecule has 0 atom stereocenters. The summed E-state index contributed by atoms with van der Waals surface area (Å²) in [7, 11) is 0. The number of halogens is 3. The van der Waals surface area contributed by atoms with Crippen LogP contribution in [0.3, 0.4) is 0 Å². The van der Waals surface area contributed by atoms with E-state index in [1.165, 1.54) is 6.07 Å². The van der Waals surface area contributed by atoms with Gasteiger partial charge in [0.1, 0.15) is 12.4 Å². The number of benzene rings is 1. The third-order valence-electron chi connectivity index (χ3n) is 2.30. The Balaban J connectivity index is 2.74. The largest absolute Gasteiger partial charge is 0.491 e. The van der Waals surface area contributed by atoms with Crippen LogP contribution in [0.25, 0.3) is 0 Å². The predicted molar refractivity (Wildman–Crippen MR) is 61.3 cm³/mol. The normalized spacial score (nSPS) is 11.6. The van der Waals surface area contributed by atoms with Crippen LogP contribution < -0.4 is 10.5 Å². The van der Waals surface area contributed by atoms with Crippen molar-refractivity contribution in [3.8, 4) is 5.75 Å². The number of hydrogen-bond donors (Lipinski definition) is 1. The van der Waals surface area contributed by atoms with Crippen LogP contribution in [-0.4, -0.2) is 19.8 Å². The Morgan fingerprint density at radius 1 is 1.22 bits per heavy atom. The first-order valence-corrected chi connectivity index (χ1v) is 5.59. The van der Waals surface area contributed by atoms with E-state index in [9.17, 15) is 13.2 Å². The maximum atomic E-state index is 12.5. The minimum atomic E-state index is -4.37. The monoisotopic (exact) mass is 263 g/mol. The van der Waals surface area contributed by atoms with Crippen molar-refractivity contribution in [3.05, 3.63) is 29.3 Å². The van der Waals surface area contributed by atoms with Crippen LogP contribution in [-0.2, 0) is 17.5 Å². The van der Waals surface area contributed by atoms with E-state index in [-0.39, 0.29) is 13.2 Å². The second-order valence-corrected chi connectivity index (χ2v) is 3.57. The van der Waals surface area contributed by atoms with Crippen LogP contribution >= 0.6 is 0 Å². The molecule has 1 aromatic carbocycles. The van der Waals surface area contributed by atoms with Gasteiger partial charge in [0.2, 0.25) is 0 Å². The second kappa shape index (κ2) is 6.61. The highest BCUT2D eigenvalue weighted by atomic mass is 19.4. The fourth-order valence-electron chi connectivity index (χ4n) is 1.41. The zero-order valence-electron chi connectivity index (χ0n) is 10.1. The molecule has 102 valence electrons. The number of nitrogens with two attached hydrogens (primary N) is 1. The average molecular weight is 263 g/mol. The smallest absolute Gasteiger partial charge is 0.416 e. The van der Waals surface area contributed by atoms with Gasteiger partial charge in [-0.15, -0.1) is 0 Å². The third kappa shape index (κ3) is 4.19. The SMILES string of the molecule is CCOCCOc1ccc(C(F)(F)F)cc1CN. The van der Waals surface area contributed by atoms with E-state index in [0.29, 0.717) is 24.5 Å². The molecule has 0 aliphatic heterocycles. The van der Waals surface area contributed by atoms with E-state index < -0.39 is 11.7 Å². The highest BCUT2D eigenvalue weighted by Crippen LogP contribution is 2.32. The molecule has 0 amide bonds. The summed E-state index contributed by atoms with van der Waals surface area (Å²) in [5, 5.41) is 0. The minimum Gasteiger partial charge on any atom is -0.491 e. The zero-order valence-corrected chi connectivity index (χ0v) is 10.1. The van der Waals surface area contributed by atoms with Gasteiger partial charge in [0.05, 0.1) is 12.2 Å². The predicted octanol–water partition coefficient (Wildman–Crippen LogP) is 2.58. The molecule has 1 aromatic rings. The molecule has 0 aliphatic carbocycles. The summed E-state index contributed by atoms with van der Waals surface area (Å²) < 4.78 is 47.9. The molecule has 0 saturated carbocycles. The van der Waals surface area contributed by atoms with Gasteiger partial charge in [-0.2, -0.15) is 13.2 Å². The van der Waals surface area contributed by atoms with E-state index in [0.717, 1.165) is 12.1 Å². The van der Waals surface area contributed by atoms with Gasteiger partial charge < -0.3 is 15.2 Å². The molecule has 1 rings (SSSR count). The molecule has 0 radical (unpaired) electrons. The molecular weight excluding hydrogens is 247 g/mol. The summed E-state index contributed by atoms with van der Waals surface area (Å²) in [4.78, 5) is 0. The van der Waals surface area contributed by atoms with Crippen LogP contribution in [0.5, 0.6) is 5.75 Å². The lowest BCUT2D eigenvalue weighted by Gasteiger charge is -2.13. The first-order valence-electron chi connectivity index (χ1n) is 5.59. The summed E-state index contributed by atoms with van der Waals surface area (Å²) in [6.45, 7) is 3.09. The van der Waals surface area contributed by atoms with Crippen molar-refractivity contribution in [1.29, 1.82) is 0 Å². The lowest BCUT2D eigenvalue weighted by molar-refractivity contribution is -0.137. The average Bonchev–Trinajstić information content (AvgIpc) is 2.33. The van der Waals surface area contributed by atoms with Gasteiger partial charge >= 0.3 is 6.18 Å². The molecule has 0 unspecified atom stereocenters. The van der Waals surface area contributed by atoms with Crippen molar-refractivity contribution in [2.45, 2.75) is 19.6 Å². The Morgan fingerprint density at radius 3 is 2.50 bits per heavy atom. The minimum absolute atomic E-state index is 0.00606. The Kier molecular flexibility index (Phi) is 5.43. The third-order valence-corrected chi connectivity index (χ3v) is 2.30. The first kappa shape index (κ1) is 14.8. The van der Waals surface area contributed by atoms with Crippen molar-refractivity contribution in [3.63, 3.8) is 0 Å². The van der Waals surface area contributed by atoms with Crippen molar-refractivity contribution < 1.29 is 22.6 Å². The van der Waals surface area contributed by atoms with Gasteiger partial charge in [-0.3, -0.25) is 0 Å². The fourth-order valence-corrected chi connectivity index (χ4v) is 1.41. The highest BCUT2D eigenvalue weighted by molar-refractivity contribution is 5.38. The summed E-state index contributed by atoms with van der Waals surface area (Å²) in [6, 6.07) is 3.28. The van der Waals surface area contributed by atoms with Crippen LogP contribution in [0.4, 0.5) is 13.2 Å².